The van der Waals surface area contributed by atoms with Crippen LogP contribution in [0.15, 0.2) is 28.7 Å². The van der Waals surface area contributed by atoms with Crippen LogP contribution in [0, 0.1) is 5.82 Å². The van der Waals surface area contributed by atoms with Crippen LogP contribution in [-0.4, -0.2) is 10.5 Å². The second-order valence-electron chi connectivity index (χ2n) is 4.58. The maximum absolute atomic E-state index is 13.6. The minimum Gasteiger partial charge on any atom is -0.220 e. The van der Waals surface area contributed by atoms with E-state index in [0.717, 1.165) is 12.1 Å². The fourth-order valence-corrected chi connectivity index (χ4v) is 1.80. The van der Waals surface area contributed by atoms with Gasteiger partial charge >= 0.3 is 0 Å². The first-order chi connectivity index (χ1) is 7.44. The van der Waals surface area contributed by atoms with E-state index < -0.39 is 0 Å². The minimum absolute atomic E-state index is 0.0612. The summed E-state index contributed by atoms with van der Waals surface area (Å²) in [7, 11) is 0. The molecule has 0 aliphatic heterocycles. The number of benzene rings is 1. The van der Waals surface area contributed by atoms with E-state index >= 15 is 0 Å². The van der Waals surface area contributed by atoms with Gasteiger partial charge in [0.05, 0.1) is 5.71 Å². The van der Waals surface area contributed by atoms with Crippen molar-refractivity contribution in [2.75, 3.05) is 0 Å². The Morgan fingerprint density at radius 3 is 2.44 bits per heavy atom. The van der Waals surface area contributed by atoms with Crippen LogP contribution in [0.5, 0.6) is 0 Å². The quantitative estimate of drug-likeness (QED) is 0.560. The first-order valence-corrected chi connectivity index (χ1v) is 6.21. The summed E-state index contributed by atoms with van der Waals surface area (Å²) in [6.45, 7) is 8.27. The Balaban J connectivity index is 2.95. The van der Waals surface area contributed by atoms with Crippen LogP contribution in [0.3, 0.4) is 0 Å². The second kappa shape index (κ2) is 5.48. The normalized spacial score (nSPS) is 12.9. The molecule has 0 spiro atoms. The van der Waals surface area contributed by atoms with Gasteiger partial charge in [0.2, 0.25) is 0 Å². The van der Waals surface area contributed by atoms with Crippen molar-refractivity contribution in [3.63, 3.8) is 0 Å². The highest BCUT2D eigenvalue weighted by Gasteiger charge is 2.12. The highest BCUT2D eigenvalue weighted by molar-refractivity contribution is 7.99. The lowest BCUT2D eigenvalue weighted by molar-refractivity contribution is 0.625. The van der Waals surface area contributed by atoms with Crippen LogP contribution < -0.4 is 0 Å². The zero-order valence-corrected chi connectivity index (χ0v) is 11.1. The van der Waals surface area contributed by atoms with E-state index in [9.17, 15) is 4.39 Å². The molecule has 0 saturated carbocycles. The van der Waals surface area contributed by atoms with Gasteiger partial charge in [-0.1, -0.05) is 25.1 Å². The summed E-state index contributed by atoms with van der Waals surface area (Å²) in [5.41, 5.74) is 1.43. The van der Waals surface area contributed by atoms with Crippen LogP contribution in [0.4, 0.5) is 4.39 Å². The molecule has 0 amide bonds. The van der Waals surface area contributed by atoms with Gasteiger partial charge < -0.3 is 0 Å². The highest BCUT2D eigenvalue weighted by Crippen LogP contribution is 2.26. The molecule has 16 heavy (non-hydrogen) atoms. The molecule has 1 aromatic rings. The summed E-state index contributed by atoms with van der Waals surface area (Å²) in [4.78, 5) is 0. The Morgan fingerprint density at radius 2 is 1.94 bits per heavy atom. The van der Waals surface area contributed by atoms with Gasteiger partial charge in [0, 0.05) is 10.3 Å². The van der Waals surface area contributed by atoms with Gasteiger partial charge in [-0.05, 0) is 45.2 Å². The number of halogens is 1. The van der Waals surface area contributed by atoms with Gasteiger partial charge in [-0.25, -0.2) is 8.79 Å². The molecule has 1 rings (SSSR count). The summed E-state index contributed by atoms with van der Waals surface area (Å²) in [6, 6.07) is 6.79. The van der Waals surface area contributed by atoms with Crippen molar-refractivity contribution in [1.29, 1.82) is 0 Å². The van der Waals surface area contributed by atoms with Crippen molar-refractivity contribution in [3.8, 4) is 0 Å². The van der Waals surface area contributed by atoms with E-state index in [1.165, 1.54) is 18.0 Å². The predicted molar refractivity (Wildman–Crippen MR) is 70.6 cm³/mol. The van der Waals surface area contributed by atoms with Crippen LogP contribution in [0.2, 0.25) is 0 Å². The Bertz CT molecular complexity index is 380. The Morgan fingerprint density at radius 1 is 1.31 bits per heavy atom. The average Bonchev–Trinajstić information content (AvgIpc) is 2.20. The third kappa shape index (κ3) is 3.97. The van der Waals surface area contributed by atoms with Crippen LogP contribution in [0.25, 0.3) is 0 Å². The third-order valence-corrected chi connectivity index (χ3v) is 2.81. The van der Waals surface area contributed by atoms with E-state index in [4.69, 9.17) is 0 Å². The third-order valence-electron chi connectivity index (χ3n) is 1.95. The van der Waals surface area contributed by atoms with E-state index in [0.29, 0.717) is 5.56 Å². The minimum atomic E-state index is -0.197. The lowest BCUT2D eigenvalue weighted by Crippen LogP contribution is -2.08. The Kier molecular flexibility index (Phi) is 4.54. The van der Waals surface area contributed by atoms with Gasteiger partial charge in [0.15, 0.2) is 0 Å². The zero-order chi connectivity index (χ0) is 12.2. The molecule has 0 bridgehead atoms. The van der Waals surface area contributed by atoms with Crippen LogP contribution in [-0.2, 0) is 0 Å². The molecule has 1 aromatic carbocycles. The van der Waals surface area contributed by atoms with Gasteiger partial charge in [0.25, 0.3) is 0 Å². The molecule has 0 unspecified atom stereocenters. The lowest BCUT2D eigenvalue weighted by atomic mass is 10.1. The molecular formula is C13H18FNS. The average molecular weight is 239 g/mol. The summed E-state index contributed by atoms with van der Waals surface area (Å²) >= 11 is 1.49. The maximum atomic E-state index is 13.6. The molecule has 88 valence electrons. The lowest BCUT2D eigenvalue weighted by Gasteiger charge is -2.14. The van der Waals surface area contributed by atoms with Crippen molar-refractivity contribution >= 4 is 17.7 Å². The Hall–Kier alpha value is -0.830. The predicted octanol–water partition coefficient (Wildman–Crippen LogP) is 4.47. The topological polar surface area (TPSA) is 12.4 Å². The number of rotatable bonds is 3. The largest absolute Gasteiger partial charge is 0.220 e. The van der Waals surface area contributed by atoms with E-state index in [1.54, 1.807) is 12.1 Å². The smallest absolute Gasteiger partial charge is 0.132 e. The molecule has 3 heteroatoms. The Labute approximate surface area is 101 Å². The molecule has 0 atom stereocenters. The molecule has 0 N–H and O–H groups in total. The standard InChI is InChI=1S/C13H18FNS/c1-5-12(15-16-13(2,3)4)10-8-6-7-9-11(10)14/h6-9H,5H2,1-4H3/b15-12+. The number of hydrogen-bond acceptors (Lipinski definition) is 2. The number of nitrogens with zero attached hydrogens (tertiary/aromatic N) is 1. The zero-order valence-electron chi connectivity index (χ0n) is 10.2. The van der Waals surface area contributed by atoms with Gasteiger partial charge in [-0.2, -0.15) is 0 Å². The maximum Gasteiger partial charge on any atom is 0.132 e. The molecular weight excluding hydrogens is 221 g/mol. The van der Waals surface area contributed by atoms with E-state index in [1.807, 2.05) is 13.0 Å². The molecule has 0 fully saturated rings. The summed E-state index contributed by atoms with van der Waals surface area (Å²) < 4.78 is 18.1. The van der Waals surface area contributed by atoms with Crippen molar-refractivity contribution in [2.45, 2.75) is 38.9 Å². The summed E-state index contributed by atoms with van der Waals surface area (Å²) in [5, 5.41) is 0. The van der Waals surface area contributed by atoms with E-state index in [2.05, 4.69) is 25.2 Å². The summed E-state index contributed by atoms with van der Waals surface area (Å²) in [6.07, 6.45) is 0.740. The fraction of sp³-hybridized carbons (Fsp3) is 0.462. The van der Waals surface area contributed by atoms with Crippen molar-refractivity contribution in [3.05, 3.63) is 35.6 Å². The van der Waals surface area contributed by atoms with Gasteiger partial charge in [-0.3, -0.25) is 0 Å². The first-order valence-electron chi connectivity index (χ1n) is 5.44. The van der Waals surface area contributed by atoms with Crippen LogP contribution in [0.1, 0.15) is 39.7 Å². The molecule has 1 nitrogen and oxygen atoms in total. The monoisotopic (exact) mass is 239 g/mol. The second-order valence-corrected chi connectivity index (χ2v) is 6.16. The fourth-order valence-electron chi connectivity index (χ4n) is 1.19. The van der Waals surface area contributed by atoms with Gasteiger partial charge in [0.1, 0.15) is 5.82 Å². The highest BCUT2D eigenvalue weighted by atomic mass is 32.2. The molecule has 0 radical (unpaired) electrons. The molecule has 0 aromatic heterocycles. The van der Waals surface area contributed by atoms with E-state index in [-0.39, 0.29) is 10.6 Å². The molecule has 0 saturated heterocycles. The van der Waals surface area contributed by atoms with Crippen molar-refractivity contribution < 1.29 is 4.39 Å². The first kappa shape index (κ1) is 13.2. The summed E-state index contributed by atoms with van der Waals surface area (Å²) in [5.74, 6) is -0.197. The SMILES string of the molecule is CC/C(=N\SC(C)(C)C)c1ccccc1F. The van der Waals surface area contributed by atoms with Crippen molar-refractivity contribution in [1.82, 2.24) is 0 Å². The molecule has 0 aliphatic carbocycles. The van der Waals surface area contributed by atoms with Gasteiger partial charge in [-0.15, -0.1) is 0 Å². The number of hydrogen-bond donors (Lipinski definition) is 0. The van der Waals surface area contributed by atoms with Crippen LogP contribution >= 0.6 is 11.9 Å². The van der Waals surface area contributed by atoms with Crippen molar-refractivity contribution in [2.24, 2.45) is 4.40 Å². The molecule has 0 heterocycles. The molecule has 0 aliphatic rings.